The molecule has 1 aliphatic heterocycles. The van der Waals surface area contributed by atoms with E-state index in [1.54, 1.807) is 26.0 Å². The summed E-state index contributed by atoms with van der Waals surface area (Å²) in [4.78, 5) is 30.0. The van der Waals surface area contributed by atoms with Crippen LogP contribution in [0.1, 0.15) is 19.4 Å². The number of amides is 2. The van der Waals surface area contributed by atoms with Gasteiger partial charge in [-0.05, 0) is 31.2 Å². The lowest BCUT2D eigenvalue weighted by atomic mass is 10.2. The monoisotopic (exact) mass is 393 g/mol. The molecule has 0 spiro atoms. The molecular formula is C20H31N3O5. The number of benzene rings is 1. The van der Waals surface area contributed by atoms with Crippen molar-refractivity contribution in [2.45, 2.75) is 20.4 Å². The topological polar surface area (TPSA) is 71.6 Å². The van der Waals surface area contributed by atoms with Crippen molar-refractivity contribution in [3.05, 3.63) is 23.8 Å². The van der Waals surface area contributed by atoms with E-state index in [9.17, 15) is 9.59 Å². The zero-order chi connectivity index (χ0) is 20.5. The number of carbonyl (C=O) groups is 2. The molecule has 0 atom stereocenters. The Balaban J connectivity index is 1.89. The first-order chi connectivity index (χ1) is 13.5. The second kappa shape index (κ2) is 10.8. The molecule has 0 N–H and O–H groups in total. The summed E-state index contributed by atoms with van der Waals surface area (Å²) < 4.78 is 15.6. The number of methoxy groups -OCH3 is 2. The summed E-state index contributed by atoms with van der Waals surface area (Å²) in [5.41, 5.74) is 1.06. The normalized spacial score (nSPS) is 14.2. The number of nitrogens with zero attached hydrogens (tertiary/aromatic N) is 3. The van der Waals surface area contributed by atoms with Gasteiger partial charge in [0.25, 0.3) is 0 Å². The molecular weight excluding hydrogens is 362 g/mol. The van der Waals surface area contributed by atoms with Crippen molar-refractivity contribution in [2.24, 2.45) is 0 Å². The summed E-state index contributed by atoms with van der Waals surface area (Å²) in [6.45, 7) is 8.00. The Labute approximate surface area is 166 Å². The van der Waals surface area contributed by atoms with Gasteiger partial charge < -0.3 is 24.0 Å². The average Bonchev–Trinajstić information content (AvgIpc) is 2.73. The highest BCUT2D eigenvalue weighted by Crippen LogP contribution is 2.28. The largest absolute Gasteiger partial charge is 0.493 e. The molecule has 0 unspecified atom stereocenters. The minimum absolute atomic E-state index is 0.0748. The van der Waals surface area contributed by atoms with Crippen LogP contribution in [-0.2, 0) is 16.1 Å². The van der Waals surface area contributed by atoms with E-state index in [2.05, 4.69) is 4.90 Å². The molecule has 1 aliphatic rings. The molecule has 28 heavy (non-hydrogen) atoms. The fourth-order valence-corrected chi connectivity index (χ4v) is 3.16. The number of piperazine rings is 1. The first-order valence-corrected chi connectivity index (χ1v) is 9.65. The van der Waals surface area contributed by atoms with Gasteiger partial charge in [0.15, 0.2) is 11.5 Å². The van der Waals surface area contributed by atoms with Crippen molar-refractivity contribution in [1.82, 2.24) is 14.7 Å². The summed E-state index contributed by atoms with van der Waals surface area (Å²) in [5, 5.41) is 0. The van der Waals surface area contributed by atoms with Crippen LogP contribution in [0.2, 0.25) is 0 Å². The van der Waals surface area contributed by atoms with Gasteiger partial charge in [0, 0.05) is 32.7 Å². The van der Waals surface area contributed by atoms with Crippen LogP contribution in [0.5, 0.6) is 11.5 Å². The average molecular weight is 393 g/mol. The van der Waals surface area contributed by atoms with Gasteiger partial charge >= 0.3 is 6.09 Å². The second-order valence-electron chi connectivity index (χ2n) is 6.56. The molecule has 8 nitrogen and oxygen atoms in total. The molecule has 0 radical (unpaired) electrons. The fourth-order valence-electron chi connectivity index (χ4n) is 3.16. The Hall–Kier alpha value is -2.48. The van der Waals surface area contributed by atoms with Crippen LogP contribution in [0.3, 0.4) is 0 Å². The van der Waals surface area contributed by atoms with Crippen LogP contribution in [0.4, 0.5) is 4.79 Å². The Morgan fingerprint density at radius 3 is 2.21 bits per heavy atom. The summed E-state index contributed by atoms with van der Waals surface area (Å²) >= 11 is 0. The number of hydrogen-bond donors (Lipinski definition) is 0. The maximum absolute atomic E-state index is 12.7. The molecule has 2 rings (SSSR count). The van der Waals surface area contributed by atoms with Crippen molar-refractivity contribution in [3.8, 4) is 11.5 Å². The maximum Gasteiger partial charge on any atom is 0.409 e. The third-order valence-electron chi connectivity index (χ3n) is 4.82. The van der Waals surface area contributed by atoms with E-state index in [-0.39, 0.29) is 12.0 Å². The van der Waals surface area contributed by atoms with Gasteiger partial charge in [-0.2, -0.15) is 0 Å². The van der Waals surface area contributed by atoms with E-state index in [1.807, 2.05) is 30.0 Å². The first kappa shape index (κ1) is 21.8. The summed E-state index contributed by atoms with van der Waals surface area (Å²) in [7, 11) is 3.22. The van der Waals surface area contributed by atoms with Crippen LogP contribution >= 0.6 is 0 Å². The van der Waals surface area contributed by atoms with Crippen molar-refractivity contribution in [3.63, 3.8) is 0 Å². The molecule has 0 bridgehead atoms. The van der Waals surface area contributed by atoms with Gasteiger partial charge in [0.1, 0.15) is 0 Å². The zero-order valence-electron chi connectivity index (χ0n) is 17.3. The van der Waals surface area contributed by atoms with Crippen LogP contribution in [0.25, 0.3) is 0 Å². The van der Waals surface area contributed by atoms with Gasteiger partial charge in [0.05, 0.1) is 27.4 Å². The Morgan fingerprint density at radius 1 is 1.00 bits per heavy atom. The SMILES string of the molecule is CCOC(=O)N1CCN(C(=O)CN(CC)Cc2ccc(OC)c(OC)c2)CC1. The Bertz CT molecular complexity index is 659. The third-order valence-corrected chi connectivity index (χ3v) is 4.82. The highest BCUT2D eigenvalue weighted by atomic mass is 16.6. The number of hydrogen-bond acceptors (Lipinski definition) is 6. The molecule has 1 fully saturated rings. The smallest absolute Gasteiger partial charge is 0.409 e. The van der Waals surface area contributed by atoms with E-state index in [0.717, 1.165) is 12.1 Å². The van der Waals surface area contributed by atoms with E-state index >= 15 is 0 Å². The number of carbonyl (C=O) groups excluding carboxylic acids is 2. The molecule has 2 amide bonds. The lowest BCUT2D eigenvalue weighted by Gasteiger charge is -2.35. The quantitative estimate of drug-likeness (QED) is 0.671. The van der Waals surface area contributed by atoms with Crippen LogP contribution in [-0.4, -0.2) is 86.8 Å². The minimum atomic E-state index is -0.307. The van der Waals surface area contributed by atoms with E-state index in [1.165, 1.54) is 0 Å². The van der Waals surface area contributed by atoms with E-state index in [4.69, 9.17) is 14.2 Å². The van der Waals surface area contributed by atoms with Gasteiger partial charge in [-0.1, -0.05) is 13.0 Å². The summed E-state index contributed by atoms with van der Waals surface area (Å²) in [6.07, 6.45) is -0.307. The number of ether oxygens (including phenoxy) is 3. The molecule has 156 valence electrons. The Kier molecular flexibility index (Phi) is 8.38. The van der Waals surface area contributed by atoms with E-state index in [0.29, 0.717) is 57.4 Å². The predicted molar refractivity (Wildman–Crippen MR) is 106 cm³/mol. The van der Waals surface area contributed by atoms with Gasteiger partial charge in [-0.3, -0.25) is 9.69 Å². The van der Waals surface area contributed by atoms with Gasteiger partial charge in [0.2, 0.25) is 5.91 Å². The molecule has 1 saturated heterocycles. The third kappa shape index (κ3) is 5.76. The van der Waals surface area contributed by atoms with Crippen LogP contribution < -0.4 is 9.47 Å². The molecule has 0 aromatic heterocycles. The van der Waals surface area contributed by atoms with Crippen molar-refractivity contribution in [2.75, 3.05) is 60.1 Å². The van der Waals surface area contributed by atoms with Crippen molar-refractivity contribution in [1.29, 1.82) is 0 Å². The van der Waals surface area contributed by atoms with Crippen LogP contribution in [0.15, 0.2) is 18.2 Å². The molecule has 1 aromatic carbocycles. The zero-order valence-corrected chi connectivity index (χ0v) is 17.3. The molecule has 8 heteroatoms. The standard InChI is InChI=1S/C20H31N3O5/c1-5-21(14-16-7-8-17(26-3)18(13-16)27-4)15-19(24)22-9-11-23(12-10-22)20(25)28-6-2/h7-8,13H,5-6,9-12,14-15H2,1-4H3. The Morgan fingerprint density at radius 2 is 1.64 bits per heavy atom. The molecule has 0 aliphatic carbocycles. The van der Waals surface area contributed by atoms with Gasteiger partial charge in [-0.25, -0.2) is 4.79 Å². The summed E-state index contributed by atoms with van der Waals surface area (Å²) in [5.74, 6) is 1.44. The highest BCUT2D eigenvalue weighted by molar-refractivity contribution is 5.78. The second-order valence-corrected chi connectivity index (χ2v) is 6.56. The first-order valence-electron chi connectivity index (χ1n) is 9.65. The molecule has 1 aromatic rings. The summed E-state index contributed by atoms with van der Waals surface area (Å²) in [6, 6.07) is 5.79. The van der Waals surface area contributed by atoms with Crippen molar-refractivity contribution < 1.29 is 23.8 Å². The van der Waals surface area contributed by atoms with E-state index < -0.39 is 0 Å². The lowest BCUT2D eigenvalue weighted by Crippen LogP contribution is -2.52. The molecule has 0 saturated carbocycles. The lowest BCUT2D eigenvalue weighted by molar-refractivity contribution is -0.134. The fraction of sp³-hybridized carbons (Fsp3) is 0.600. The number of likely N-dealkylation sites (N-methyl/N-ethyl adjacent to an activating group) is 1. The minimum Gasteiger partial charge on any atom is -0.493 e. The molecule has 1 heterocycles. The van der Waals surface area contributed by atoms with Crippen LogP contribution in [0, 0.1) is 0 Å². The maximum atomic E-state index is 12.7. The van der Waals surface area contributed by atoms with Gasteiger partial charge in [-0.15, -0.1) is 0 Å². The predicted octanol–water partition coefficient (Wildman–Crippen LogP) is 1.83. The highest BCUT2D eigenvalue weighted by Gasteiger charge is 2.25. The van der Waals surface area contributed by atoms with Crippen molar-refractivity contribution >= 4 is 12.0 Å². The number of rotatable bonds is 8.